The van der Waals surface area contributed by atoms with Crippen molar-refractivity contribution in [2.24, 2.45) is 0 Å². The van der Waals surface area contributed by atoms with Crippen molar-refractivity contribution in [1.29, 1.82) is 0 Å². The third-order valence-corrected chi connectivity index (χ3v) is 2.51. The monoisotopic (exact) mass is 295 g/mol. The second-order valence-electron chi connectivity index (χ2n) is 4.14. The van der Waals surface area contributed by atoms with Crippen LogP contribution >= 0.6 is 0 Å². The lowest BCUT2D eigenvalue weighted by Crippen LogP contribution is -2.29. The molecule has 1 rings (SSSR count). The SMILES string of the molecule is COC(=O)c1cccc(OCCCC(=O)NCC(=O)O)c1. The van der Waals surface area contributed by atoms with E-state index in [1.807, 2.05) is 0 Å². The average molecular weight is 295 g/mol. The molecule has 0 radical (unpaired) electrons. The van der Waals surface area contributed by atoms with Crippen molar-refractivity contribution in [2.45, 2.75) is 12.8 Å². The van der Waals surface area contributed by atoms with Crippen molar-refractivity contribution < 1.29 is 29.0 Å². The number of carbonyl (C=O) groups is 3. The Morgan fingerprint density at radius 1 is 1.29 bits per heavy atom. The van der Waals surface area contributed by atoms with Crippen LogP contribution in [0.5, 0.6) is 5.75 Å². The van der Waals surface area contributed by atoms with Gasteiger partial charge in [-0.05, 0) is 24.6 Å². The van der Waals surface area contributed by atoms with E-state index in [0.29, 0.717) is 17.7 Å². The van der Waals surface area contributed by atoms with Crippen LogP contribution in [-0.2, 0) is 14.3 Å². The minimum Gasteiger partial charge on any atom is -0.494 e. The molecule has 0 heterocycles. The molecular weight excluding hydrogens is 278 g/mol. The van der Waals surface area contributed by atoms with Crippen molar-refractivity contribution >= 4 is 17.8 Å². The minimum absolute atomic E-state index is 0.171. The highest BCUT2D eigenvalue weighted by molar-refractivity contribution is 5.89. The van der Waals surface area contributed by atoms with E-state index in [0.717, 1.165) is 0 Å². The highest BCUT2D eigenvalue weighted by Gasteiger charge is 2.07. The van der Waals surface area contributed by atoms with Crippen LogP contribution in [0, 0.1) is 0 Å². The average Bonchev–Trinajstić information content (AvgIpc) is 2.49. The summed E-state index contributed by atoms with van der Waals surface area (Å²) >= 11 is 0. The maximum Gasteiger partial charge on any atom is 0.337 e. The maximum atomic E-state index is 11.3. The largest absolute Gasteiger partial charge is 0.494 e. The standard InChI is InChI=1S/C14H17NO6/c1-20-14(19)10-4-2-5-11(8-10)21-7-3-6-12(16)15-9-13(17)18/h2,4-5,8H,3,6-7,9H2,1H3,(H,15,16)(H,17,18). The number of carbonyl (C=O) groups excluding carboxylic acids is 2. The summed E-state index contributed by atoms with van der Waals surface area (Å²) in [5.74, 6) is -1.37. The van der Waals surface area contributed by atoms with Gasteiger partial charge in [-0.3, -0.25) is 9.59 Å². The Bertz CT molecular complexity index is 514. The molecule has 1 aromatic rings. The van der Waals surface area contributed by atoms with Gasteiger partial charge in [0.2, 0.25) is 5.91 Å². The van der Waals surface area contributed by atoms with Gasteiger partial charge in [0.15, 0.2) is 0 Å². The quantitative estimate of drug-likeness (QED) is 0.544. The predicted octanol–water partition coefficient (Wildman–Crippen LogP) is 0.833. The third kappa shape index (κ3) is 6.42. The van der Waals surface area contributed by atoms with E-state index < -0.39 is 11.9 Å². The lowest BCUT2D eigenvalue weighted by molar-refractivity contribution is -0.137. The summed E-state index contributed by atoms with van der Waals surface area (Å²) in [7, 11) is 1.30. The van der Waals surface area contributed by atoms with Crippen LogP contribution in [-0.4, -0.2) is 43.2 Å². The number of esters is 1. The molecule has 7 nitrogen and oxygen atoms in total. The topological polar surface area (TPSA) is 102 Å². The molecule has 21 heavy (non-hydrogen) atoms. The van der Waals surface area contributed by atoms with Crippen LogP contribution in [0.1, 0.15) is 23.2 Å². The molecule has 0 saturated carbocycles. The van der Waals surface area contributed by atoms with Crippen LogP contribution in [0.3, 0.4) is 0 Å². The Morgan fingerprint density at radius 3 is 2.71 bits per heavy atom. The van der Waals surface area contributed by atoms with Crippen molar-refractivity contribution in [3.8, 4) is 5.75 Å². The number of hydrogen-bond donors (Lipinski definition) is 2. The number of nitrogens with one attached hydrogen (secondary N) is 1. The second-order valence-corrected chi connectivity index (χ2v) is 4.14. The van der Waals surface area contributed by atoms with Crippen LogP contribution < -0.4 is 10.1 Å². The van der Waals surface area contributed by atoms with Gasteiger partial charge in [0, 0.05) is 6.42 Å². The van der Waals surface area contributed by atoms with Crippen LogP contribution in [0.25, 0.3) is 0 Å². The van der Waals surface area contributed by atoms with Crippen molar-refractivity contribution in [1.82, 2.24) is 5.32 Å². The molecule has 0 saturated heterocycles. The molecule has 0 bridgehead atoms. The number of carboxylic acids is 1. The summed E-state index contributed by atoms with van der Waals surface area (Å²) in [6, 6.07) is 6.52. The number of methoxy groups -OCH3 is 1. The number of carboxylic acid groups (broad SMARTS) is 1. The number of ether oxygens (including phenoxy) is 2. The normalized spacial score (nSPS) is 9.76. The Hall–Kier alpha value is -2.57. The number of aliphatic carboxylic acids is 1. The molecule has 0 atom stereocenters. The van der Waals surface area contributed by atoms with Gasteiger partial charge in [0.25, 0.3) is 0 Å². The van der Waals surface area contributed by atoms with Gasteiger partial charge in [-0.15, -0.1) is 0 Å². The number of hydrogen-bond acceptors (Lipinski definition) is 5. The maximum absolute atomic E-state index is 11.3. The van der Waals surface area contributed by atoms with Gasteiger partial charge < -0.3 is 19.9 Å². The number of amides is 1. The lowest BCUT2D eigenvalue weighted by atomic mass is 10.2. The first-order chi connectivity index (χ1) is 10.0. The molecule has 0 aliphatic heterocycles. The Morgan fingerprint density at radius 2 is 2.05 bits per heavy atom. The fourth-order valence-corrected chi connectivity index (χ4v) is 1.52. The lowest BCUT2D eigenvalue weighted by Gasteiger charge is -2.07. The van der Waals surface area contributed by atoms with Crippen molar-refractivity contribution in [2.75, 3.05) is 20.3 Å². The van der Waals surface area contributed by atoms with Gasteiger partial charge in [-0.1, -0.05) is 6.07 Å². The van der Waals surface area contributed by atoms with E-state index in [4.69, 9.17) is 9.84 Å². The smallest absolute Gasteiger partial charge is 0.337 e. The van der Waals surface area contributed by atoms with Gasteiger partial charge in [0.05, 0.1) is 19.3 Å². The van der Waals surface area contributed by atoms with Crippen LogP contribution in [0.2, 0.25) is 0 Å². The van der Waals surface area contributed by atoms with E-state index in [1.165, 1.54) is 7.11 Å². The molecule has 0 aliphatic carbocycles. The molecule has 0 fully saturated rings. The zero-order valence-electron chi connectivity index (χ0n) is 11.6. The summed E-state index contributed by atoms with van der Waals surface area (Å²) < 4.78 is 10.0. The van der Waals surface area contributed by atoms with Crippen molar-refractivity contribution in [3.05, 3.63) is 29.8 Å². The summed E-state index contributed by atoms with van der Waals surface area (Å²) in [4.78, 5) is 32.8. The van der Waals surface area contributed by atoms with Crippen molar-refractivity contribution in [3.63, 3.8) is 0 Å². The highest BCUT2D eigenvalue weighted by atomic mass is 16.5. The minimum atomic E-state index is -1.08. The number of rotatable bonds is 8. The molecule has 0 aliphatic rings. The first kappa shape index (κ1) is 16.5. The van der Waals surface area contributed by atoms with Gasteiger partial charge in [-0.25, -0.2) is 4.79 Å². The molecule has 1 amide bonds. The highest BCUT2D eigenvalue weighted by Crippen LogP contribution is 2.14. The first-order valence-electron chi connectivity index (χ1n) is 6.32. The summed E-state index contributed by atoms with van der Waals surface area (Å²) in [6.45, 7) is -0.105. The molecule has 2 N–H and O–H groups in total. The zero-order valence-corrected chi connectivity index (χ0v) is 11.6. The Kier molecular flexibility index (Phi) is 6.73. The molecule has 1 aromatic carbocycles. The third-order valence-electron chi connectivity index (χ3n) is 2.51. The number of benzene rings is 1. The summed E-state index contributed by atoms with van der Waals surface area (Å²) in [5.41, 5.74) is 0.384. The van der Waals surface area contributed by atoms with E-state index in [9.17, 15) is 14.4 Å². The first-order valence-corrected chi connectivity index (χ1v) is 6.32. The van der Waals surface area contributed by atoms with Gasteiger partial charge >= 0.3 is 11.9 Å². The second kappa shape index (κ2) is 8.57. The molecule has 0 unspecified atom stereocenters. The summed E-state index contributed by atoms with van der Waals surface area (Å²) in [5, 5.41) is 10.7. The summed E-state index contributed by atoms with van der Waals surface area (Å²) in [6.07, 6.45) is 0.609. The Balaban J connectivity index is 2.31. The molecule has 7 heteroatoms. The molecule has 0 spiro atoms. The fraction of sp³-hybridized carbons (Fsp3) is 0.357. The van der Waals surface area contributed by atoms with Crippen LogP contribution in [0.4, 0.5) is 0 Å². The van der Waals surface area contributed by atoms with Crippen LogP contribution in [0.15, 0.2) is 24.3 Å². The Labute approximate surface area is 121 Å². The van der Waals surface area contributed by atoms with E-state index in [2.05, 4.69) is 10.1 Å². The van der Waals surface area contributed by atoms with E-state index in [1.54, 1.807) is 24.3 Å². The zero-order chi connectivity index (χ0) is 15.7. The van der Waals surface area contributed by atoms with Gasteiger partial charge in [-0.2, -0.15) is 0 Å². The van der Waals surface area contributed by atoms with Gasteiger partial charge in [0.1, 0.15) is 12.3 Å². The fourth-order valence-electron chi connectivity index (χ4n) is 1.52. The molecular formula is C14H17NO6. The molecule has 114 valence electrons. The molecule has 0 aromatic heterocycles. The predicted molar refractivity (Wildman–Crippen MR) is 73.2 cm³/mol. The van der Waals surface area contributed by atoms with E-state index >= 15 is 0 Å². The van der Waals surface area contributed by atoms with E-state index in [-0.39, 0.29) is 25.5 Å².